The molecule has 4 rings (SSSR count). The number of halogens is 3. The quantitative estimate of drug-likeness (QED) is 0.495. The van der Waals surface area contributed by atoms with E-state index in [1.54, 1.807) is 0 Å². The Morgan fingerprint density at radius 2 is 1.92 bits per heavy atom. The highest BCUT2D eigenvalue weighted by atomic mass is 35.5. The van der Waals surface area contributed by atoms with Crippen molar-refractivity contribution in [3.05, 3.63) is 59.3 Å². The zero-order valence-corrected chi connectivity index (χ0v) is 13.5. The molecule has 0 aliphatic heterocycles. The number of rotatable bonds is 3. The lowest BCUT2D eigenvalue weighted by molar-refractivity contribution is 0.355. The van der Waals surface area contributed by atoms with Gasteiger partial charge in [-0.25, -0.2) is 18.7 Å². The van der Waals surface area contributed by atoms with Crippen LogP contribution in [0.25, 0.3) is 22.7 Å². The van der Waals surface area contributed by atoms with E-state index in [-0.39, 0.29) is 34.1 Å². The van der Waals surface area contributed by atoms with Crippen LogP contribution in [0.1, 0.15) is 0 Å². The highest BCUT2D eigenvalue weighted by Crippen LogP contribution is 2.31. The maximum atomic E-state index is 13.7. The normalized spacial score (nSPS) is 11.0. The predicted molar refractivity (Wildman–Crippen MR) is 86.6 cm³/mol. The first-order valence-electron chi connectivity index (χ1n) is 7.23. The zero-order chi connectivity index (χ0) is 18.3. The monoisotopic (exact) mass is 374 g/mol. The Morgan fingerprint density at radius 1 is 1.08 bits per heavy atom. The van der Waals surface area contributed by atoms with Gasteiger partial charge in [0.05, 0.1) is 11.2 Å². The van der Waals surface area contributed by atoms with Crippen LogP contribution in [0.5, 0.6) is 17.5 Å². The van der Waals surface area contributed by atoms with Crippen LogP contribution in [0.4, 0.5) is 8.78 Å². The first-order valence-corrected chi connectivity index (χ1v) is 7.61. The Bertz CT molecular complexity index is 1130. The van der Waals surface area contributed by atoms with Crippen molar-refractivity contribution in [1.82, 2.24) is 15.0 Å². The van der Waals surface area contributed by atoms with E-state index in [1.165, 1.54) is 24.4 Å². The highest BCUT2D eigenvalue weighted by Gasteiger charge is 2.14. The van der Waals surface area contributed by atoms with Gasteiger partial charge in [-0.1, -0.05) is 11.6 Å². The fourth-order valence-corrected chi connectivity index (χ4v) is 2.36. The number of hydrogen-bond acceptors (Lipinski definition) is 5. The van der Waals surface area contributed by atoms with E-state index in [0.29, 0.717) is 17.1 Å². The van der Waals surface area contributed by atoms with Gasteiger partial charge in [0.25, 0.3) is 5.71 Å². The SMILES string of the molecule is [O]c1ccc(-c2nc3cnc(Oc4ccc(F)cc4F)nc3o2)cc1Cl. The summed E-state index contributed by atoms with van der Waals surface area (Å²) in [6, 6.07) is 6.89. The molecule has 0 atom stereocenters. The summed E-state index contributed by atoms with van der Waals surface area (Å²) in [7, 11) is 0. The molecular weight excluding hydrogens is 368 g/mol. The Kier molecular flexibility index (Phi) is 3.89. The second kappa shape index (κ2) is 6.23. The van der Waals surface area contributed by atoms with Crippen molar-refractivity contribution in [3.8, 4) is 29.0 Å². The van der Waals surface area contributed by atoms with Crippen LogP contribution < -0.4 is 4.74 Å². The third-order valence-electron chi connectivity index (χ3n) is 3.40. The standard InChI is InChI=1S/C17H7ClF2N3O3/c18-10-5-8(1-3-13(10)24)15-22-12-7-21-17(23-16(12)26-15)25-14-4-2-9(19)6-11(14)20/h1-7H. The highest BCUT2D eigenvalue weighted by molar-refractivity contribution is 6.32. The van der Waals surface area contributed by atoms with Crippen LogP contribution >= 0.6 is 11.6 Å². The third kappa shape index (κ3) is 3.02. The lowest BCUT2D eigenvalue weighted by atomic mass is 10.2. The summed E-state index contributed by atoms with van der Waals surface area (Å²) in [6.07, 6.45) is 1.33. The molecule has 2 heterocycles. The summed E-state index contributed by atoms with van der Waals surface area (Å²) in [4.78, 5) is 12.1. The van der Waals surface area contributed by atoms with Gasteiger partial charge in [-0.2, -0.15) is 4.98 Å². The van der Waals surface area contributed by atoms with Gasteiger partial charge in [0, 0.05) is 11.6 Å². The zero-order valence-electron chi connectivity index (χ0n) is 12.7. The second-order valence-electron chi connectivity index (χ2n) is 5.18. The van der Waals surface area contributed by atoms with Crippen molar-refractivity contribution in [2.75, 3.05) is 0 Å². The van der Waals surface area contributed by atoms with Crippen molar-refractivity contribution < 1.29 is 23.0 Å². The van der Waals surface area contributed by atoms with Gasteiger partial charge in [0.15, 0.2) is 17.3 Å². The van der Waals surface area contributed by atoms with E-state index in [2.05, 4.69) is 15.0 Å². The van der Waals surface area contributed by atoms with Gasteiger partial charge < -0.3 is 9.15 Å². The number of nitrogens with zero attached hydrogens (tertiary/aromatic N) is 3. The molecule has 129 valence electrons. The second-order valence-corrected chi connectivity index (χ2v) is 5.59. The number of ether oxygens (including phenoxy) is 1. The molecule has 26 heavy (non-hydrogen) atoms. The summed E-state index contributed by atoms with van der Waals surface area (Å²) in [5.74, 6) is -1.99. The molecular formula is C17H7ClF2N3O3. The Morgan fingerprint density at radius 3 is 2.69 bits per heavy atom. The van der Waals surface area contributed by atoms with E-state index in [0.717, 1.165) is 12.1 Å². The van der Waals surface area contributed by atoms with E-state index in [9.17, 15) is 13.9 Å². The van der Waals surface area contributed by atoms with Crippen molar-refractivity contribution in [2.45, 2.75) is 0 Å². The molecule has 0 aliphatic rings. The van der Waals surface area contributed by atoms with E-state index < -0.39 is 11.6 Å². The van der Waals surface area contributed by atoms with Gasteiger partial charge in [-0.15, -0.1) is 0 Å². The average Bonchev–Trinajstić information content (AvgIpc) is 3.03. The fourth-order valence-electron chi connectivity index (χ4n) is 2.18. The minimum absolute atomic E-state index is 0.0339. The molecule has 0 aliphatic carbocycles. The molecule has 0 amide bonds. The number of oxazole rings is 1. The van der Waals surface area contributed by atoms with Gasteiger partial charge in [-0.3, -0.25) is 5.11 Å². The summed E-state index contributed by atoms with van der Waals surface area (Å²) >= 11 is 5.81. The summed E-state index contributed by atoms with van der Waals surface area (Å²) in [5.41, 5.74) is 0.906. The third-order valence-corrected chi connectivity index (χ3v) is 3.70. The number of aromatic nitrogens is 3. The Hall–Kier alpha value is -3.26. The lowest BCUT2D eigenvalue weighted by Crippen LogP contribution is -1.94. The van der Waals surface area contributed by atoms with Crippen molar-refractivity contribution in [1.29, 1.82) is 0 Å². The fraction of sp³-hybridized carbons (Fsp3) is 0. The lowest BCUT2D eigenvalue weighted by Gasteiger charge is -2.03. The Balaban J connectivity index is 1.68. The topological polar surface area (TPSA) is 80.9 Å². The molecule has 2 aromatic carbocycles. The van der Waals surface area contributed by atoms with Crippen LogP contribution in [-0.4, -0.2) is 15.0 Å². The number of hydrogen-bond donors (Lipinski definition) is 0. The molecule has 0 unspecified atom stereocenters. The van der Waals surface area contributed by atoms with Crippen LogP contribution in [0.3, 0.4) is 0 Å². The first-order chi connectivity index (χ1) is 12.5. The van der Waals surface area contributed by atoms with Crippen LogP contribution in [-0.2, 0) is 5.11 Å². The predicted octanol–water partition coefficient (Wildman–Crippen LogP) is 5.15. The van der Waals surface area contributed by atoms with Gasteiger partial charge >= 0.3 is 6.01 Å². The van der Waals surface area contributed by atoms with E-state index in [1.807, 2.05) is 0 Å². The summed E-state index contributed by atoms with van der Waals surface area (Å²) in [6.45, 7) is 0. The van der Waals surface area contributed by atoms with Crippen molar-refractivity contribution in [3.63, 3.8) is 0 Å². The molecule has 0 N–H and O–H groups in total. The summed E-state index contributed by atoms with van der Waals surface area (Å²) < 4.78 is 37.3. The molecule has 9 heteroatoms. The molecule has 4 aromatic rings. The maximum Gasteiger partial charge on any atom is 0.325 e. The van der Waals surface area contributed by atoms with Gasteiger partial charge in [0.1, 0.15) is 11.3 Å². The van der Waals surface area contributed by atoms with E-state index >= 15 is 0 Å². The molecule has 6 nitrogen and oxygen atoms in total. The maximum absolute atomic E-state index is 13.7. The average molecular weight is 375 g/mol. The largest absolute Gasteiger partial charge is 0.421 e. The molecule has 1 radical (unpaired) electrons. The number of fused-ring (bicyclic) bond motifs is 1. The summed E-state index contributed by atoms with van der Waals surface area (Å²) in [5, 5.41) is 11.4. The first kappa shape index (κ1) is 16.2. The molecule has 0 fully saturated rings. The number of benzene rings is 2. The minimum atomic E-state index is -0.890. The molecule has 2 aromatic heterocycles. The van der Waals surface area contributed by atoms with Gasteiger partial charge in [0.2, 0.25) is 5.89 Å². The van der Waals surface area contributed by atoms with Crippen molar-refractivity contribution >= 4 is 22.8 Å². The minimum Gasteiger partial charge on any atom is -0.421 e. The smallest absolute Gasteiger partial charge is 0.325 e. The molecule has 0 saturated heterocycles. The molecule has 0 saturated carbocycles. The van der Waals surface area contributed by atoms with Crippen LogP contribution in [0.2, 0.25) is 5.02 Å². The van der Waals surface area contributed by atoms with Crippen molar-refractivity contribution in [2.24, 2.45) is 0 Å². The Labute approximate surface area is 149 Å². The molecule has 0 bridgehead atoms. The molecule has 0 spiro atoms. The van der Waals surface area contributed by atoms with Gasteiger partial charge in [-0.05, 0) is 30.3 Å². The van der Waals surface area contributed by atoms with E-state index in [4.69, 9.17) is 20.8 Å². The van der Waals surface area contributed by atoms with Crippen LogP contribution in [0, 0.1) is 11.6 Å². The van der Waals surface area contributed by atoms with Crippen LogP contribution in [0.15, 0.2) is 47.0 Å².